The Kier molecular flexibility index (Phi) is 6.88. The number of carbonyl (C=O) groups is 1. The maximum Gasteiger partial charge on any atom is 0.246 e. The van der Waals surface area contributed by atoms with E-state index in [0.29, 0.717) is 45.1 Å². The predicted octanol–water partition coefficient (Wildman–Crippen LogP) is 5.08. The third kappa shape index (κ3) is 4.47. The first-order chi connectivity index (χ1) is 12.4. The van der Waals surface area contributed by atoms with Gasteiger partial charge in [0.25, 0.3) is 0 Å². The zero-order valence-electron chi connectivity index (χ0n) is 14.7. The lowest BCUT2D eigenvalue weighted by Crippen LogP contribution is -1.96. The molecule has 0 radical (unpaired) electrons. The number of aromatic hydroxyl groups is 2. The maximum atomic E-state index is 12.3. The number of hydrogen-bond donors (Lipinski definition) is 2. The van der Waals surface area contributed by atoms with Crippen LogP contribution in [0.1, 0.15) is 33.6 Å². The van der Waals surface area contributed by atoms with Crippen LogP contribution in [0.5, 0.6) is 11.5 Å². The van der Waals surface area contributed by atoms with Crippen LogP contribution in [0.25, 0.3) is 12.2 Å². The first-order valence-electron chi connectivity index (χ1n) is 7.78. The zero-order chi connectivity index (χ0) is 19.3. The van der Waals surface area contributed by atoms with E-state index in [2.05, 4.69) is 23.1 Å². The van der Waals surface area contributed by atoms with Crippen LogP contribution in [-0.2, 0) is 11.5 Å². The summed E-state index contributed by atoms with van der Waals surface area (Å²) in [5, 5.41) is 20.3. The third-order valence-electron chi connectivity index (χ3n) is 3.86. The summed E-state index contributed by atoms with van der Waals surface area (Å²) >= 11 is 2.18. The monoisotopic (exact) mass is 388 g/mol. The lowest BCUT2D eigenvalue weighted by molar-refractivity contribution is 0.276. The van der Waals surface area contributed by atoms with Gasteiger partial charge in [-0.3, -0.25) is 14.8 Å². The summed E-state index contributed by atoms with van der Waals surface area (Å²) in [4.78, 5) is 20.4. The number of thioether (sulfide) groups is 2. The lowest BCUT2D eigenvalue weighted by Gasteiger charge is -2.11. The smallest absolute Gasteiger partial charge is 0.246 e. The first kappa shape index (κ1) is 20.1. The summed E-state index contributed by atoms with van der Waals surface area (Å²) in [6, 6.07) is 0. The fourth-order valence-corrected chi connectivity index (χ4v) is 4.10. The highest BCUT2D eigenvalue weighted by molar-refractivity contribution is 8.37. The SMILES string of the molecule is C=Cc1cnc(C)c(O)c1CSC(=O)SCc1c(C=C)cnc(C)c1O. The Morgan fingerprint density at radius 3 is 1.69 bits per heavy atom. The first-order valence-corrected chi connectivity index (χ1v) is 9.75. The summed E-state index contributed by atoms with van der Waals surface area (Å²) in [6.45, 7) is 10.8. The van der Waals surface area contributed by atoms with Gasteiger partial charge in [0, 0.05) is 35.0 Å². The Bertz CT molecular complexity index is 797. The Balaban J connectivity index is 2.06. The molecule has 0 aliphatic heterocycles. The molecule has 0 atom stereocenters. The fraction of sp³-hybridized carbons (Fsp3) is 0.211. The van der Waals surface area contributed by atoms with E-state index >= 15 is 0 Å². The minimum absolute atomic E-state index is 0.0871. The summed E-state index contributed by atoms with van der Waals surface area (Å²) in [7, 11) is 0. The number of rotatable bonds is 6. The van der Waals surface area contributed by atoms with Gasteiger partial charge in [-0.1, -0.05) is 48.8 Å². The van der Waals surface area contributed by atoms with Crippen molar-refractivity contribution >= 4 is 40.1 Å². The lowest BCUT2D eigenvalue weighted by atomic mass is 10.1. The number of aryl methyl sites for hydroxylation is 2. The molecule has 2 N–H and O–H groups in total. The molecule has 2 aromatic rings. The Labute approximate surface area is 161 Å². The second kappa shape index (κ2) is 8.91. The van der Waals surface area contributed by atoms with Gasteiger partial charge in [0.05, 0.1) is 11.4 Å². The summed E-state index contributed by atoms with van der Waals surface area (Å²) < 4.78 is -0.113. The maximum absolute atomic E-state index is 12.3. The molecule has 2 aromatic heterocycles. The van der Waals surface area contributed by atoms with Crippen molar-refractivity contribution in [1.29, 1.82) is 0 Å². The largest absolute Gasteiger partial charge is 0.506 e. The third-order valence-corrected chi connectivity index (χ3v) is 5.90. The molecule has 136 valence electrons. The van der Waals surface area contributed by atoms with Crippen LogP contribution in [0.2, 0.25) is 0 Å². The van der Waals surface area contributed by atoms with E-state index in [0.717, 1.165) is 23.5 Å². The standard InChI is InChI=1S/C19H20N2O3S2/c1-5-13-7-20-11(3)17(22)15(13)9-25-19(24)26-10-16-14(6-2)8-21-12(4)18(16)23/h5-8,22-23H,1-2,9-10H2,3-4H3. The van der Waals surface area contributed by atoms with E-state index in [4.69, 9.17) is 0 Å². The molecule has 7 heteroatoms. The predicted molar refractivity (Wildman–Crippen MR) is 109 cm³/mol. The normalized spacial score (nSPS) is 10.5. The average Bonchev–Trinajstić information content (AvgIpc) is 2.63. The van der Waals surface area contributed by atoms with E-state index in [1.807, 2.05) is 0 Å². The molecule has 0 fully saturated rings. The fourth-order valence-electron chi connectivity index (χ4n) is 2.28. The molecule has 26 heavy (non-hydrogen) atoms. The summed E-state index contributed by atoms with van der Waals surface area (Å²) in [6.07, 6.45) is 6.47. The van der Waals surface area contributed by atoms with E-state index < -0.39 is 0 Å². The van der Waals surface area contributed by atoms with Crippen molar-refractivity contribution < 1.29 is 15.0 Å². The minimum Gasteiger partial charge on any atom is -0.506 e. The second-order valence-corrected chi connectivity index (χ2v) is 7.64. The molecule has 0 aliphatic rings. The number of nitrogens with zero attached hydrogens (tertiary/aromatic N) is 2. The van der Waals surface area contributed by atoms with Crippen molar-refractivity contribution in [2.75, 3.05) is 0 Å². The number of aromatic nitrogens is 2. The van der Waals surface area contributed by atoms with E-state index in [9.17, 15) is 15.0 Å². The highest BCUT2D eigenvalue weighted by Gasteiger charge is 2.15. The molecule has 0 amide bonds. The Morgan fingerprint density at radius 2 is 1.35 bits per heavy atom. The number of hydrogen-bond acceptors (Lipinski definition) is 7. The number of pyridine rings is 2. The van der Waals surface area contributed by atoms with Crippen molar-refractivity contribution in [3.05, 3.63) is 59.2 Å². The molecule has 2 rings (SSSR count). The Hall–Kier alpha value is -2.25. The van der Waals surface area contributed by atoms with Crippen molar-refractivity contribution in [3.8, 4) is 11.5 Å². The van der Waals surface area contributed by atoms with Gasteiger partial charge in [-0.2, -0.15) is 0 Å². The molecule has 0 aromatic carbocycles. The highest BCUT2D eigenvalue weighted by atomic mass is 32.2. The zero-order valence-corrected chi connectivity index (χ0v) is 16.3. The molecule has 5 nitrogen and oxygen atoms in total. The van der Waals surface area contributed by atoms with Crippen LogP contribution in [0, 0.1) is 13.8 Å². The number of carbonyl (C=O) groups excluding carboxylic acids is 1. The van der Waals surface area contributed by atoms with Gasteiger partial charge in [-0.25, -0.2) is 0 Å². The van der Waals surface area contributed by atoms with Crippen molar-refractivity contribution in [2.45, 2.75) is 25.4 Å². The van der Waals surface area contributed by atoms with Crippen molar-refractivity contribution in [2.24, 2.45) is 0 Å². The van der Waals surface area contributed by atoms with Crippen molar-refractivity contribution in [1.82, 2.24) is 9.97 Å². The van der Waals surface area contributed by atoms with Crippen LogP contribution in [-0.4, -0.2) is 24.6 Å². The van der Waals surface area contributed by atoms with Crippen LogP contribution < -0.4 is 0 Å². The molecule has 0 aliphatic carbocycles. The van der Waals surface area contributed by atoms with Gasteiger partial charge < -0.3 is 10.2 Å². The van der Waals surface area contributed by atoms with Gasteiger partial charge in [-0.05, 0) is 25.0 Å². The molecule has 0 unspecified atom stereocenters. The molecule has 0 spiro atoms. The average molecular weight is 389 g/mol. The van der Waals surface area contributed by atoms with Gasteiger partial charge in [0.15, 0.2) is 0 Å². The minimum atomic E-state index is -0.113. The summed E-state index contributed by atoms with van der Waals surface area (Å²) in [5.41, 5.74) is 3.71. The Morgan fingerprint density at radius 1 is 0.962 bits per heavy atom. The van der Waals surface area contributed by atoms with Crippen LogP contribution in [0.4, 0.5) is 4.79 Å². The van der Waals surface area contributed by atoms with Crippen LogP contribution in [0.15, 0.2) is 25.6 Å². The molecule has 0 bridgehead atoms. The van der Waals surface area contributed by atoms with Gasteiger partial charge in [-0.15, -0.1) is 0 Å². The molecule has 0 saturated carbocycles. The second-order valence-electron chi connectivity index (χ2n) is 5.49. The molecular weight excluding hydrogens is 368 g/mol. The highest BCUT2D eigenvalue weighted by Crippen LogP contribution is 2.34. The topological polar surface area (TPSA) is 83.3 Å². The quantitative estimate of drug-likeness (QED) is 0.714. The van der Waals surface area contributed by atoms with E-state index in [1.54, 1.807) is 38.4 Å². The molecular formula is C19H20N2O3S2. The van der Waals surface area contributed by atoms with Crippen molar-refractivity contribution in [3.63, 3.8) is 0 Å². The van der Waals surface area contributed by atoms with E-state index in [-0.39, 0.29) is 15.9 Å². The van der Waals surface area contributed by atoms with Crippen LogP contribution in [0.3, 0.4) is 0 Å². The van der Waals surface area contributed by atoms with E-state index in [1.165, 1.54) is 0 Å². The van der Waals surface area contributed by atoms with Crippen LogP contribution >= 0.6 is 23.5 Å². The van der Waals surface area contributed by atoms with Gasteiger partial charge >= 0.3 is 0 Å². The van der Waals surface area contributed by atoms with Gasteiger partial charge in [0.2, 0.25) is 4.45 Å². The van der Waals surface area contributed by atoms with Gasteiger partial charge in [0.1, 0.15) is 11.5 Å². The molecule has 2 heterocycles. The summed E-state index contributed by atoms with van der Waals surface area (Å²) in [5.74, 6) is 0.809. The molecule has 0 saturated heterocycles.